The highest BCUT2D eigenvalue weighted by Gasteiger charge is 2.19. The maximum absolute atomic E-state index is 11.8. The van der Waals surface area contributed by atoms with Crippen LogP contribution in [0, 0.1) is 0 Å². The Hall–Kier alpha value is -0.0200. The van der Waals surface area contributed by atoms with Crippen molar-refractivity contribution in [3.63, 3.8) is 0 Å². The predicted octanol–water partition coefficient (Wildman–Crippen LogP) is 3.83. The third kappa shape index (κ3) is 6.46. The van der Waals surface area contributed by atoms with Crippen molar-refractivity contribution in [3.8, 4) is 0 Å². The molecule has 0 radical (unpaired) electrons. The number of rotatable bonds is 7. The maximum atomic E-state index is 11.8. The van der Waals surface area contributed by atoms with Crippen molar-refractivity contribution in [1.29, 1.82) is 0 Å². The lowest BCUT2D eigenvalue weighted by atomic mass is 10.0. The number of Topliss-reactive ketones (excluding diaryl/α,β-unsaturated/α-hetero) is 1. The molecule has 1 aliphatic rings. The number of carbonyl (C=O) groups is 1. The third-order valence-corrected chi connectivity index (χ3v) is 5.02. The molecule has 0 aliphatic heterocycles. The molecule has 0 spiro atoms. The molecule has 1 fully saturated rings. The highest BCUT2D eigenvalue weighted by molar-refractivity contribution is 8.00. The molecule has 1 saturated carbocycles. The van der Waals surface area contributed by atoms with E-state index in [4.69, 9.17) is 4.74 Å². The molecule has 0 saturated heterocycles. The van der Waals surface area contributed by atoms with Crippen LogP contribution in [0.1, 0.15) is 58.8 Å². The van der Waals surface area contributed by atoms with Gasteiger partial charge in [-0.2, -0.15) is 11.8 Å². The first-order valence-corrected chi connectivity index (χ1v) is 7.77. The quantitative estimate of drug-likeness (QED) is 0.694. The number of thioether (sulfide) groups is 1. The summed E-state index contributed by atoms with van der Waals surface area (Å²) in [5.41, 5.74) is -0.162. The Kier molecular flexibility index (Phi) is 6.57. The van der Waals surface area contributed by atoms with E-state index in [1.165, 1.54) is 32.1 Å². The summed E-state index contributed by atoms with van der Waals surface area (Å²) in [6, 6.07) is 0. The zero-order chi connectivity index (χ0) is 12.7. The molecule has 0 unspecified atom stereocenters. The summed E-state index contributed by atoms with van der Waals surface area (Å²) in [4.78, 5) is 11.8. The van der Waals surface area contributed by atoms with Crippen molar-refractivity contribution in [1.82, 2.24) is 0 Å². The van der Waals surface area contributed by atoms with E-state index in [1.54, 1.807) is 7.11 Å². The van der Waals surface area contributed by atoms with E-state index in [-0.39, 0.29) is 5.60 Å². The van der Waals surface area contributed by atoms with E-state index in [2.05, 4.69) is 0 Å². The first-order chi connectivity index (χ1) is 8.03. The fraction of sp³-hybridized carbons (Fsp3) is 0.929. The summed E-state index contributed by atoms with van der Waals surface area (Å²) in [5.74, 6) is 1.08. The maximum Gasteiger partial charge on any atom is 0.142 e. The van der Waals surface area contributed by atoms with Crippen molar-refractivity contribution in [3.05, 3.63) is 0 Å². The highest BCUT2D eigenvalue weighted by atomic mass is 32.2. The number of methoxy groups -OCH3 is 1. The lowest BCUT2D eigenvalue weighted by molar-refractivity contribution is -0.118. The zero-order valence-electron chi connectivity index (χ0n) is 11.5. The van der Waals surface area contributed by atoms with E-state index in [1.807, 2.05) is 25.6 Å². The van der Waals surface area contributed by atoms with Gasteiger partial charge in [0.25, 0.3) is 0 Å². The van der Waals surface area contributed by atoms with Crippen molar-refractivity contribution in [2.75, 3.05) is 12.9 Å². The van der Waals surface area contributed by atoms with Gasteiger partial charge >= 0.3 is 0 Å². The standard InChI is InChI=1S/C14H26O2S/c1-14(2,16-3)10-9-12(15)11-17-13-7-5-4-6-8-13/h13H,4-11H2,1-3H3. The second-order valence-corrected chi connectivity index (χ2v) is 6.86. The van der Waals surface area contributed by atoms with E-state index >= 15 is 0 Å². The monoisotopic (exact) mass is 258 g/mol. The average Bonchev–Trinajstić information content (AvgIpc) is 2.35. The van der Waals surface area contributed by atoms with Crippen LogP contribution >= 0.6 is 11.8 Å². The van der Waals surface area contributed by atoms with Crippen molar-refractivity contribution >= 4 is 17.5 Å². The molecule has 0 aromatic carbocycles. The lowest BCUT2D eigenvalue weighted by Gasteiger charge is -2.23. The Morgan fingerprint density at radius 2 is 1.94 bits per heavy atom. The molecule has 1 aliphatic carbocycles. The van der Waals surface area contributed by atoms with Crippen LogP contribution < -0.4 is 0 Å². The molecule has 3 heteroatoms. The van der Waals surface area contributed by atoms with E-state index < -0.39 is 0 Å². The highest BCUT2D eigenvalue weighted by Crippen LogP contribution is 2.28. The Labute approximate surface area is 110 Å². The van der Waals surface area contributed by atoms with Crippen molar-refractivity contribution in [2.24, 2.45) is 0 Å². The molecule has 100 valence electrons. The first kappa shape index (κ1) is 15.0. The molecule has 0 heterocycles. The molecule has 2 nitrogen and oxygen atoms in total. The second kappa shape index (κ2) is 7.42. The van der Waals surface area contributed by atoms with Gasteiger partial charge in [-0.1, -0.05) is 19.3 Å². The third-order valence-electron chi connectivity index (χ3n) is 3.59. The molecule has 17 heavy (non-hydrogen) atoms. The van der Waals surface area contributed by atoms with Crippen LogP contribution in [-0.2, 0) is 9.53 Å². The van der Waals surface area contributed by atoms with Gasteiger partial charge in [0.1, 0.15) is 5.78 Å². The van der Waals surface area contributed by atoms with Crippen LogP contribution in [0.3, 0.4) is 0 Å². The van der Waals surface area contributed by atoms with Crippen LogP contribution in [0.25, 0.3) is 0 Å². The minimum absolute atomic E-state index is 0.162. The predicted molar refractivity (Wildman–Crippen MR) is 74.7 cm³/mol. The van der Waals surface area contributed by atoms with Gasteiger partial charge in [0.05, 0.1) is 11.4 Å². The van der Waals surface area contributed by atoms with E-state index in [0.717, 1.165) is 11.7 Å². The summed E-state index contributed by atoms with van der Waals surface area (Å²) in [7, 11) is 1.71. The molecular formula is C14H26O2S. The van der Waals surface area contributed by atoms with Crippen LogP contribution in [0.2, 0.25) is 0 Å². The fourth-order valence-electron chi connectivity index (χ4n) is 2.06. The van der Waals surface area contributed by atoms with Crippen LogP contribution in [0.5, 0.6) is 0 Å². The van der Waals surface area contributed by atoms with Crippen molar-refractivity contribution < 1.29 is 9.53 Å². The van der Waals surface area contributed by atoms with Gasteiger partial charge in [0, 0.05) is 18.8 Å². The smallest absolute Gasteiger partial charge is 0.142 e. The van der Waals surface area contributed by atoms with E-state index in [9.17, 15) is 4.79 Å². The lowest BCUT2D eigenvalue weighted by Crippen LogP contribution is -2.24. The molecule has 0 amide bonds. The summed E-state index contributed by atoms with van der Waals surface area (Å²) in [5, 5.41) is 0.739. The van der Waals surface area contributed by atoms with Gasteiger partial charge in [0.15, 0.2) is 0 Å². The number of hydrogen-bond donors (Lipinski definition) is 0. The fourth-order valence-corrected chi connectivity index (χ4v) is 3.29. The molecule has 0 atom stereocenters. The van der Waals surface area contributed by atoms with Gasteiger partial charge in [0.2, 0.25) is 0 Å². The van der Waals surface area contributed by atoms with E-state index in [0.29, 0.717) is 18.0 Å². The van der Waals surface area contributed by atoms with Gasteiger partial charge in [-0.25, -0.2) is 0 Å². The van der Waals surface area contributed by atoms with Gasteiger partial charge in [-0.15, -0.1) is 0 Å². The van der Waals surface area contributed by atoms with Crippen LogP contribution in [0.4, 0.5) is 0 Å². The van der Waals surface area contributed by atoms with Crippen molar-refractivity contribution in [2.45, 2.75) is 69.6 Å². The van der Waals surface area contributed by atoms with Gasteiger partial charge < -0.3 is 4.74 Å². The molecule has 0 aromatic heterocycles. The van der Waals surface area contributed by atoms with Crippen LogP contribution in [-0.4, -0.2) is 29.5 Å². The Balaban J connectivity index is 2.12. The normalized spacial score (nSPS) is 18.3. The average molecular weight is 258 g/mol. The number of ether oxygens (including phenoxy) is 1. The molecule has 0 aromatic rings. The molecule has 0 bridgehead atoms. The topological polar surface area (TPSA) is 26.3 Å². The van der Waals surface area contributed by atoms with Gasteiger partial charge in [-0.3, -0.25) is 4.79 Å². The SMILES string of the molecule is COC(C)(C)CCC(=O)CSC1CCCCC1. The summed E-state index contributed by atoms with van der Waals surface area (Å²) >= 11 is 1.87. The Morgan fingerprint density at radius 3 is 2.53 bits per heavy atom. The second-order valence-electron chi connectivity index (χ2n) is 5.57. The minimum atomic E-state index is -0.162. The Morgan fingerprint density at radius 1 is 1.29 bits per heavy atom. The van der Waals surface area contributed by atoms with Crippen LogP contribution in [0.15, 0.2) is 0 Å². The zero-order valence-corrected chi connectivity index (χ0v) is 12.3. The molecule has 1 rings (SSSR count). The minimum Gasteiger partial charge on any atom is -0.379 e. The number of carbonyl (C=O) groups excluding carboxylic acids is 1. The number of ketones is 1. The Bertz CT molecular complexity index is 232. The summed E-state index contributed by atoms with van der Waals surface area (Å²) in [6.07, 6.45) is 8.18. The molecule has 0 N–H and O–H groups in total. The molecular weight excluding hydrogens is 232 g/mol. The number of hydrogen-bond acceptors (Lipinski definition) is 3. The summed E-state index contributed by atoms with van der Waals surface area (Å²) in [6.45, 7) is 4.07. The largest absolute Gasteiger partial charge is 0.379 e. The summed E-state index contributed by atoms with van der Waals surface area (Å²) < 4.78 is 5.32. The first-order valence-electron chi connectivity index (χ1n) is 6.72. The van der Waals surface area contributed by atoms with Gasteiger partial charge in [-0.05, 0) is 33.1 Å².